The Hall–Kier alpha value is -2.39. The smallest absolute Gasteiger partial charge is 0.195 e. The number of nitrogens with one attached hydrogen (secondary N) is 1. The normalized spacial score (nSPS) is 12.4. The highest BCUT2D eigenvalue weighted by atomic mass is 16.5. The van der Waals surface area contributed by atoms with Crippen molar-refractivity contribution in [3.63, 3.8) is 0 Å². The number of ketones is 1. The van der Waals surface area contributed by atoms with Crippen molar-refractivity contribution >= 4 is 16.7 Å². The zero-order valence-electron chi connectivity index (χ0n) is 17.3. The molecule has 3 rings (SSSR count). The van der Waals surface area contributed by atoms with E-state index in [-0.39, 0.29) is 5.78 Å². The van der Waals surface area contributed by atoms with E-state index >= 15 is 0 Å². The molecule has 28 heavy (non-hydrogen) atoms. The first-order chi connectivity index (χ1) is 13.7. The number of aromatic nitrogens is 1. The van der Waals surface area contributed by atoms with Crippen LogP contribution in [0, 0.1) is 6.92 Å². The molecule has 3 nitrogen and oxygen atoms in total. The molecule has 0 spiro atoms. The molecule has 3 heteroatoms. The van der Waals surface area contributed by atoms with E-state index in [1.165, 1.54) is 5.56 Å². The minimum absolute atomic E-state index is 0.0824. The van der Waals surface area contributed by atoms with Gasteiger partial charge in [-0.15, -0.1) is 0 Å². The van der Waals surface area contributed by atoms with Gasteiger partial charge in [-0.25, -0.2) is 0 Å². The van der Waals surface area contributed by atoms with Gasteiger partial charge >= 0.3 is 0 Å². The van der Waals surface area contributed by atoms with E-state index in [0.29, 0.717) is 12.5 Å². The Balaban J connectivity index is 2.04. The average Bonchev–Trinajstić information content (AvgIpc) is 3.06. The Labute approximate surface area is 168 Å². The molecule has 148 valence electrons. The lowest BCUT2D eigenvalue weighted by Crippen LogP contribution is -2.11. The monoisotopic (exact) mass is 377 g/mol. The van der Waals surface area contributed by atoms with E-state index in [2.05, 4.69) is 37.0 Å². The summed E-state index contributed by atoms with van der Waals surface area (Å²) < 4.78 is 5.99. The Kier molecular flexibility index (Phi) is 7.05. The summed E-state index contributed by atoms with van der Waals surface area (Å²) in [6.45, 7) is 7.88. The maximum atomic E-state index is 13.3. The van der Waals surface area contributed by atoms with E-state index in [1.54, 1.807) is 0 Å². The summed E-state index contributed by atoms with van der Waals surface area (Å²) in [4.78, 5) is 16.8. The summed E-state index contributed by atoms with van der Waals surface area (Å²) in [5.41, 5.74) is 4.71. The number of carbonyl (C=O) groups excluding carboxylic acids is 1. The van der Waals surface area contributed by atoms with Gasteiger partial charge in [0.1, 0.15) is 0 Å². The summed E-state index contributed by atoms with van der Waals surface area (Å²) in [5, 5.41) is 1.06. The lowest BCUT2D eigenvalue weighted by atomic mass is 9.89. The second kappa shape index (κ2) is 9.70. The second-order valence-corrected chi connectivity index (χ2v) is 7.50. The van der Waals surface area contributed by atoms with Gasteiger partial charge in [-0.3, -0.25) is 4.79 Å². The summed E-state index contributed by atoms with van der Waals surface area (Å²) in [5.74, 6) is 0.377. The molecule has 2 aromatic carbocycles. The van der Waals surface area contributed by atoms with Gasteiger partial charge in [0, 0.05) is 34.7 Å². The maximum absolute atomic E-state index is 13.3. The van der Waals surface area contributed by atoms with Crippen molar-refractivity contribution in [2.75, 3.05) is 13.2 Å². The fourth-order valence-electron chi connectivity index (χ4n) is 3.91. The van der Waals surface area contributed by atoms with E-state index in [9.17, 15) is 4.79 Å². The number of aryl methyl sites for hydroxylation is 1. The molecule has 0 aliphatic heterocycles. The number of carbonyl (C=O) groups is 1. The Morgan fingerprint density at radius 1 is 1.04 bits per heavy atom. The zero-order valence-corrected chi connectivity index (χ0v) is 17.3. The number of aromatic amines is 1. The molecule has 0 saturated heterocycles. The molecule has 0 saturated carbocycles. The third-order valence-corrected chi connectivity index (χ3v) is 5.35. The molecule has 0 radical (unpaired) electrons. The van der Waals surface area contributed by atoms with Crippen LogP contribution < -0.4 is 0 Å². The number of benzene rings is 2. The molecule has 0 amide bonds. The number of H-pyrrole nitrogens is 1. The first kappa shape index (κ1) is 20.3. The Morgan fingerprint density at radius 3 is 2.54 bits per heavy atom. The van der Waals surface area contributed by atoms with Gasteiger partial charge in [0.05, 0.1) is 12.2 Å². The van der Waals surface area contributed by atoms with Crippen LogP contribution in [0.4, 0.5) is 0 Å². The van der Waals surface area contributed by atoms with Gasteiger partial charge < -0.3 is 9.72 Å². The molecule has 1 atom stereocenters. The van der Waals surface area contributed by atoms with Crippen LogP contribution in [-0.2, 0) is 4.74 Å². The van der Waals surface area contributed by atoms with Crippen molar-refractivity contribution in [3.8, 4) is 0 Å². The highest BCUT2D eigenvalue weighted by Crippen LogP contribution is 2.34. The SMILES string of the molecule is CCCCOCC(CCC)c1cccc2[nH]c(C)c(C(=O)c3ccccc3)c12. The number of hydrogen-bond acceptors (Lipinski definition) is 2. The molecule has 0 aliphatic rings. The highest BCUT2D eigenvalue weighted by molar-refractivity contribution is 6.18. The van der Waals surface area contributed by atoms with Crippen LogP contribution in [0.3, 0.4) is 0 Å². The van der Waals surface area contributed by atoms with E-state index in [4.69, 9.17) is 4.74 Å². The number of unbranched alkanes of at least 4 members (excludes halogenated alkanes) is 1. The predicted molar refractivity (Wildman–Crippen MR) is 116 cm³/mol. The largest absolute Gasteiger partial charge is 0.381 e. The molecule has 0 aliphatic carbocycles. The third-order valence-electron chi connectivity index (χ3n) is 5.35. The molecule has 0 fully saturated rings. The number of hydrogen-bond donors (Lipinski definition) is 1. The van der Waals surface area contributed by atoms with Gasteiger partial charge in [-0.2, -0.15) is 0 Å². The first-order valence-electron chi connectivity index (χ1n) is 10.5. The quantitative estimate of drug-likeness (QED) is 0.328. The van der Waals surface area contributed by atoms with Crippen LogP contribution in [0.1, 0.15) is 72.6 Å². The van der Waals surface area contributed by atoms with Crippen LogP contribution >= 0.6 is 0 Å². The van der Waals surface area contributed by atoms with Crippen LogP contribution in [0.15, 0.2) is 48.5 Å². The van der Waals surface area contributed by atoms with Crippen LogP contribution in [0.2, 0.25) is 0 Å². The third kappa shape index (κ3) is 4.36. The highest BCUT2D eigenvalue weighted by Gasteiger charge is 2.23. The number of fused-ring (bicyclic) bond motifs is 1. The van der Waals surface area contributed by atoms with Gasteiger partial charge in [0.2, 0.25) is 0 Å². The second-order valence-electron chi connectivity index (χ2n) is 7.50. The van der Waals surface area contributed by atoms with Crippen molar-refractivity contribution < 1.29 is 9.53 Å². The van der Waals surface area contributed by atoms with Gasteiger partial charge in [-0.1, -0.05) is 69.2 Å². The van der Waals surface area contributed by atoms with Crippen molar-refractivity contribution in [1.29, 1.82) is 0 Å². The van der Waals surface area contributed by atoms with Crippen LogP contribution in [0.5, 0.6) is 0 Å². The number of rotatable bonds is 10. The van der Waals surface area contributed by atoms with Crippen molar-refractivity contribution in [2.24, 2.45) is 0 Å². The molecule has 1 aromatic heterocycles. The predicted octanol–water partition coefficient (Wildman–Crippen LogP) is 6.41. The van der Waals surface area contributed by atoms with Crippen molar-refractivity contribution in [3.05, 3.63) is 70.9 Å². The minimum atomic E-state index is 0.0824. The lowest BCUT2D eigenvalue weighted by molar-refractivity contribution is 0.103. The number of ether oxygens (including phenoxy) is 1. The molecule has 1 heterocycles. The maximum Gasteiger partial charge on any atom is 0.195 e. The van der Waals surface area contributed by atoms with Gasteiger partial charge in [0.15, 0.2) is 5.78 Å². The average molecular weight is 378 g/mol. The summed E-state index contributed by atoms with van der Waals surface area (Å²) >= 11 is 0. The van der Waals surface area contributed by atoms with Crippen LogP contribution in [0.25, 0.3) is 10.9 Å². The summed E-state index contributed by atoms with van der Waals surface area (Å²) in [6.07, 6.45) is 4.36. The minimum Gasteiger partial charge on any atom is -0.381 e. The molecular weight excluding hydrogens is 346 g/mol. The molecule has 1 N–H and O–H groups in total. The summed E-state index contributed by atoms with van der Waals surface area (Å²) in [6, 6.07) is 15.9. The van der Waals surface area contributed by atoms with Gasteiger partial charge in [-0.05, 0) is 31.4 Å². The zero-order chi connectivity index (χ0) is 19.9. The standard InChI is InChI=1S/C25H31NO2/c1-4-6-16-28-17-20(11-5-2)21-14-10-15-22-24(21)23(18(3)26-22)25(27)19-12-8-7-9-13-19/h7-10,12-15,20,26H,4-6,11,16-17H2,1-3H3. The lowest BCUT2D eigenvalue weighted by Gasteiger charge is -2.19. The van der Waals surface area contributed by atoms with Crippen molar-refractivity contribution in [1.82, 2.24) is 4.98 Å². The van der Waals surface area contributed by atoms with E-state index in [1.807, 2.05) is 37.3 Å². The van der Waals surface area contributed by atoms with Gasteiger partial charge in [0.25, 0.3) is 0 Å². The van der Waals surface area contributed by atoms with Crippen LogP contribution in [-0.4, -0.2) is 24.0 Å². The molecule has 1 unspecified atom stereocenters. The molecule has 0 bridgehead atoms. The first-order valence-corrected chi connectivity index (χ1v) is 10.5. The molecular formula is C25H31NO2. The molecule has 3 aromatic rings. The fraction of sp³-hybridized carbons (Fsp3) is 0.400. The van der Waals surface area contributed by atoms with Crippen molar-refractivity contribution in [2.45, 2.75) is 52.4 Å². The van der Waals surface area contributed by atoms with E-state index < -0.39 is 0 Å². The Bertz CT molecular complexity index is 911. The summed E-state index contributed by atoms with van der Waals surface area (Å²) in [7, 11) is 0. The Morgan fingerprint density at radius 2 is 1.82 bits per heavy atom. The van der Waals surface area contributed by atoms with E-state index in [0.717, 1.165) is 60.0 Å². The topological polar surface area (TPSA) is 42.1 Å². The fourth-order valence-corrected chi connectivity index (χ4v) is 3.91.